The van der Waals surface area contributed by atoms with Crippen LogP contribution in [0.5, 0.6) is 0 Å². The molecule has 0 fully saturated rings. The first kappa shape index (κ1) is 14.0. The Morgan fingerprint density at radius 3 is 2.26 bits per heavy atom. The Hall–Kier alpha value is -1.41. The quantitative estimate of drug-likeness (QED) is 0.780. The first-order valence-corrected chi connectivity index (χ1v) is 6.93. The normalized spacial score (nSPS) is 12.5. The van der Waals surface area contributed by atoms with Crippen LogP contribution in [0.4, 0.5) is 0 Å². The summed E-state index contributed by atoms with van der Waals surface area (Å²) in [4.78, 5) is 8.97. The maximum absolute atomic E-state index is 6.08. The average molecular weight is 275 g/mol. The highest BCUT2D eigenvalue weighted by Gasteiger charge is 2.09. The minimum absolute atomic E-state index is 0.0461. The van der Waals surface area contributed by atoms with E-state index in [9.17, 15) is 0 Å². The SMILES string of the molecule is Cc1cc(C)cc(Cc2ncc(C(C)Cl)c(C)n2)c1. The summed E-state index contributed by atoms with van der Waals surface area (Å²) in [6.07, 6.45) is 2.61. The van der Waals surface area contributed by atoms with Gasteiger partial charge in [0.1, 0.15) is 5.82 Å². The number of hydrogen-bond donors (Lipinski definition) is 0. The van der Waals surface area contributed by atoms with Gasteiger partial charge in [0.15, 0.2) is 0 Å². The standard InChI is InChI=1S/C16H19ClN2/c1-10-5-11(2)7-14(6-10)8-16-18-9-15(12(3)17)13(4)19-16/h5-7,9,12H,8H2,1-4H3. The van der Waals surface area contributed by atoms with E-state index in [0.29, 0.717) is 0 Å². The number of rotatable bonds is 3. The number of nitrogens with zero attached hydrogens (tertiary/aromatic N) is 2. The molecule has 0 bridgehead atoms. The second kappa shape index (κ2) is 5.70. The lowest BCUT2D eigenvalue weighted by Crippen LogP contribution is -2.02. The van der Waals surface area contributed by atoms with Crippen molar-refractivity contribution in [2.75, 3.05) is 0 Å². The Kier molecular flexibility index (Phi) is 4.20. The number of halogens is 1. The summed E-state index contributed by atoms with van der Waals surface area (Å²) >= 11 is 6.08. The van der Waals surface area contributed by atoms with Gasteiger partial charge in [-0.2, -0.15) is 0 Å². The van der Waals surface area contributed by atoms with E-state index in [1.807, 2.05) is 20.0 Å². The molecule has 3 heteroatoms. The smallest absolute Gasteiger partial charge is 0.132 e. The highest BCUT2D eigenvalue weighted by atomic mass is 35.5. The summed E-state index contributed by atoms with van der Waals surface area (Å²) in [6.45, 7) is 8.15. The molecule has 1 atom stereocenters. The van der Waals surface area contributed by atoms with E-state index in [4.69, 9.17) is 11.6 Å². The van der Waals surface area contributed by atoms with E-state index in [-0.39, 0.29) is 5.38 Å². The molecule has 2 rings (SSSR count). The lowest BCUT2D eigenvalue weighted by atomic mass is 10.0. The van der Waals surface area contributed by atoms with Gasteiger partial charge in [-0.3, -0.25) is 0 Å². The van der Waals surface area contributed by atoms with Gasteiger partial charge in [-0.1, -0.05) is 29.3 Å². The third kappa shape index (κ3) is 3.54. The lowest BCUT2D eigenvalue weighted by Gasteiger charge is -2.09. The number of aryl methyl sites for hydroxylation is 3. The van der Waals surface area contributed by atoms with Crippen LogP contribution in [0, 0.1) is 20.8 Å². The molecule has 0 saturated heterocycles. The van der Waals surface area contributed by atoms with Crippen molar-refractivity contribution in [2.45, 2.75) is 39.5 Å². The maximum atomic E-state index is 6.08. The van der Waals surface area contributed by atoms with Crippen LogP contribution in [0.3, 0.4) is 0 Å². The van der Waals surface area contributed by atoms with Gasteiger partial charge in [0.25, 0.3) is 0 Å². The van der Waals surface area contributed by atoms with Gasteiger partial charge < -0.3 is 0 Å². The van der Waals surface area contributed by atoms with Gasteiger partial charge in [-0.25, -0.2) is 9.97 Å². The van der Waals surface area contributed by atoms with Gasteiger partial charge >= 0.3 is 0 Å². The third-order valence-corrected chi connectivity index (χ3v) is 3.37. The topological polar surface area (TPSA) is 25.8 Å². The zero-order valence-corrected chi connectivity index (χ0v) is 12.6. The van der Waals surface area contributed by atoms with E-state index in [1.165, 1.54) is 16.7 Å². The Balaban J connectivity index is 2.26. The van der Waals surface area contributed by atoms with Crippen LogP contribution in [0.15, 0.2) is 24.4 Å². The minimum Gasteiger partial charge on any atom is -0.241 e. The fourth-order valence-corrected chi connectivity index (χ4v) is 2.57. The van der Waals surface area contributed by atoms with Gasteiger partial charge in [-0.15, -0.1) is 11.6 Å². The fourth-order valence-electron chi connectivity index (χ4n) is 2.35. The molecule has 0 aliphatic heterocycles. The first-order chi connectivity index (χ1) is 8.95. The van der Waals surface area contributed by atoms with E-state index in [2.05, 4.69) is 42.0 Å². The van der Waals surface area contributed by atoms with Gasteiger partial charge in [0.2, 0.25) is 0 Å². The van der Waals surface area contributed by atoms with Gasteiger partial charge in [0.05, 0.1) is 5.38 Å². The van der Waals surface area contributed by atoms with E-state index >= 15 is 0 Å². The molecule has 100 valence electrons. The lowest BCUT2D eigenvalue weighted by molar-refractivity contribution is 0.894. The molecule has 0 saturated carbocycles. The molecular formula is C16H19ClN2. The van der Waals surface area contributed by atoms with Crippen molar-refractivity contribution in [1.82, 2.24) is 9.97 Å². The molecule has 0 aliphatic rings. The summed E-state index contributed by atoms with van der Waals surface area (Å²) in [6, 6.07) is 6.54. The van der Waals surface area contributed by atoms with Crippen LogP contribution in [-0.2, 0) is 6.42 Å². The number of benzene rings is 1. The van der Waals surface area contributed by atoms with Crippen LogP contribution in [0.25, 0.3) is 0 Å². The maximum Gasteiger partial charge on any atom is 0.132 e. The molecule has 1 heterocycles. The van der Waals surface area contributed by atoms with Crippen LogP contribution in [-0.4, -0.2) is 9.97 Å². The van der Waals surface area contributed by atoms with Crippen molar-refractivity contribution in [3.05, 3.63) is 58.2 Å². The predicted octanol–water partition coefficient (Wildman–Crippen LogP) is 4.29. The molecule has 0 radical (unpaired) electrons. The third-order valence-electron chi connectivity index (χ3n) is 3.14. The average Bonchev–Trinajstić information content (AvgIpc) is 2.26. The Bertz CT molecular complexity index is 571. The number of hydrogen-bond acceptors (Lipinski definition) is 2. The summed E-state index contributed by atoms with van der Waals surface area (Å²) in [5.41, 5.74) is 5.78. The highest BCUT2D eigenvalue weighted by Crippen LogP contribution is 2.21. The minimum atomic E-state index is -0.0461. The Morgan fingerprint density at radius 1 is 1.11 bits per heavy atom. The van der Waals surface area contributed by atoms with Crippen molar-refractivity contribution >= 4 is 11.6 Å². The Morgan fingerprint density at radius 2 is 1.74 bits per heavy atom. The first-order valence-electron chi connectivity index (χ1n) is 6.49. The van der Waals surface area contributed by atoms with E-state index < -0.39 is 0 Å². The molecule has 2 aromatic rings. The predicted molar refractivity (Wildman–Crippen MR) is 79.8 cm³/mol. The summed E-state index contributed by atoms with van der Waals surface area (Å²) in [5.74, 6) is 0.851. The molecule has 0 aliphatic carbocycles. The molecule has 1 unspecified atom stereocenters. The molecule has 0 amide bonds. The fraction of sp³-hybridized carbons (Fsp3) is 0.375. The van der Waals surface area contributed by atoms with Gasteiger partial charge in [-0.05, 0) is 33.3 Å². The second-order valence-electron chi connectivity index (χ2n) is 5.12. The van der Waals surface area contributed by atoms with Crippen molar-refractivity contribution in [2.24, 2.45) is 0 Å². The molecule has 1 aromatic heterocycles. The molecule has 0 spiro atoms. The van der Waals surface area contributed by atoms with Crippen molar-refractivity contribution in [1.29, 1.82) is 0 Å². The van der Waals surface area contributed by atoms with E-state index in [0.717, 1.165) is 23.5 Å². The second-order valence-corrected chi connectivity index (χ2v) is 5.77. The highest BCUT2D eigenvalue weighted by molar-refractivity contribution is 6.20. The molecule has 2 nitrogen and oxygen atoms in total. The van der Waals surface area contributed by atoms with Crippen LogP contribution in [0.1, 0.15) is 46.1 Å². The summed E-state index contributed by atoms with van der Waals surface area (Å²) in [5, 5.41) is -0.0461. The monoisotopic (exact) mass is 274 g/mol. The molecule has 0 N–H and O–H groups in total. The van der Waals surface area contributed by atoms with Crippen LogP contribution in [0.2, 0.25) is 0 Å². The number of alkyl halides is 1. The van der Waals surface area contributed by atoms with E-state index in [1.54, 1.807) is 0 Å². The van der Waals surface area contributed by atoms with Crippen molar-refractivity contribution in [3.63, 3.8) is 0 Å². The molecule has 1 aromatic carbocycles. The Labute approximate surface area is 119 Å². The zero-order valence-electron chi connectivity index (χ0n) is 11.9. The van der Waals surface area contributed by atoms with Gasteiger partial charge in [0, 0.05) is 23.9 Å². The largest absolute Gasteiger partial charge is 0.241 e. The van der Waals surface area contributed by atoms with Crippen LogP contribution < -0.4 is 0 Å². The van der Waals surface area contributed by atoms with Crippen molar-refractivity contribution < 1.29 is 0 Å². The van der Waals surface area contributed by atoms with Crippen molar-refractivity contribution in [3.8, 4) is 0 Å². The van der Waals surface area contributed by atoms with Crippen LogP contribution >= 0.6 is 11.6 Å². The summed E-state index contributed by atoms with van der Waals surface area (Å²) in [7, 11) is 0. The molecule has 19 heavy (non-hydrogen) atoms. The summed E-state index contributed by atoms with van der Waals surface area (Å²) < 4.78 is 0. The number of aromatic nitrogens is 2. The molecular weight excluding hydrogens is 256 g/mol. The zero-order chi connectivity index (χ0) is 14.0.